The number of ether oxygens (including phenoxy) is 1. The van der Waals surface area contributed by atoms with Crippen molar-refractivity contribution in [2.75, 3.05) is 0 Å². The largest absolute Gasteiger partial charge is 0.508 e. The first-order chi connectivity index (χ1) is 24.0. The summed E-state index contributed by atoms with van der Waals surface area (Å²) in [7, 11) is 0. The summed E-state index contributed by atoms with van der Waals surface area (Å²) in [5.41, 5.74) is 6.91. The lowest BCUT2D eigenvalue weighted by atomic mass is 9.84. The van der Waals surface area contributed by atoms with Gasteiger partial charge in [0.25, 0.3) is 0 Å². The Morgan fingerprint density at radius 1 is 0.449 bits per heavy atom. The fourth-order valence-corrected chi connectivity index (χ4v) is 6.55. The number of phenolic OH excluding ortho intramolecular Hbond substituents is 2. The van der Waals surface area contributed by atoms with Crippen molar-refractivity contribution in [2.24, 2.45) is 0 Å². The smallest absolute Gasteiger partial charge is 0.343 e. The fraction of sp³-hybridized carbons (Fsp3) is 0. The highest BCUT2D eigenvalue weighted by molar-refractivity contribution is 6.12. The highest BCUT2D eigenvalue weighted by atomic mass is 16.5. The van der Waals surface area contributed by atoms with Crippen LogP contribution in [0.25, 0.3) is 66.1 Å². The van der Waals surface area contributed by atoms with E-state index in [1.165, 1.54) is 0 Å². The fourth-order valence-electron chi connectivity index (χ4n) is 6.55. The maximum absolute atomic E-state index is 14.1. The molecule has 2 N–H and O–H groups in total. The molecule has 0 atom stereocenters. The van der Waals surface area contributed by atoms with Gasteiger partial charge in [-0.1, -0.05) is 133 Å². The Labute approximate surface area is 283 Å². The maximum atomic E-state index is 14.1. The van der Waals surface area contributed by atoms with Crippen LogP contribution in [0, 0.1) is 0 Å². The van der Waals surface area contributed by atoms with Crippen molar-refractivity contribution in [3.8, 4) is 61.8 Å². The molecular formula is C45H30O4. The molecule has 0 bridgehead atoms. The first-order valence-corrected chi connectivity index (χ1v) is 16.1. The molecule has 0 heterocycles. The summed E-state index contributed by atoms with van der Waals surface area (Å²) in [6, 6.07) is 53.9. The third kappa shape index (κ3) is 5.56. The number of benzene rings is 8. The van der Waals surface area contributed by atoms with Crippen molar-refractivity contribution in [2.45, 2.75) is 0 Å². The van der Waals surface area contributed by atoms with Crippen LogP contribution >= 0.6 is 0 Å². The van der Waals surface area contributed by atoms with Crippen LogP contribution in [0.15, 0.2) is 170 Å². The summed E-state index contributed by atoms with van der Waals surface area (Å²) in [6.07, 6.45) is 0. The predicted octanol–water partition coefficient (Wildman–Crippen LogP) is 11.3. The number of hydrogen-bond acceptors (Lipinski definition) is 4. The average Bonchev–Trinajstić information content (AvgIpc) is 3.16. The zero-order chi connectivity index (χ0) is 33.3. The lowest BCUT2D eigenvalue weighted by Gasteiger charge is -2.22. The van der Waals surface area contributed by atoms with E-state index in [0.29, 0.717) is 27.8 Å². The van der Waals surface area contributed by atoms with Crippen LogP contribution in [-0.4, -0.2) is 16.2 Å². The summed E-state index contributed by atoms with van der Waals surface area (Å²) in [5, 5.41) is 25.2. The van der Waals surface area contributed by atoms with E-state index in [1.807, 2.05) is 133 Å². The lowest BCUT2D eigenvalue weighted by Crippen LogP contribution is -2.10. The Hall–Kier alpha value is -6.65. The third-order valence-corrected chi connectivity index (χ3v) is 8.96. The summed E-state index contributed by atoms with van der Waals surface area (Å²) in [5.74, 6) is 0.153. The van der Waals surface area contributed by atoms with Crippen molar-refractivity contribution in [1.29, 1.82) is 0 Å². The minimum absolute atomic E-state index is 0.111. The van der Waals surface area contributed by atoms with E-state index in [4.69, 9.17) is 4.74 Å². The molecule has 8 aromatic rings. The summed E-state index contributed by atoms with van der Waals surface area (Å²) >= 11 is 0. The zero-order valence-corrected chi connectivity index (χ0v) is 26.4. The van der Waals surface area contributed by atoms with Gasteiger partial charge in [0.15, 0.2) is 0 Å². The van der Waals surface area contributed by atoms with Gasteiger partial charge < -0.3 is 14.9 Å². The summed E-state index contributed by atoms with van der Waals surface area (Å²) in [6.45, 7) is 0. The quantitative estimate of drug-likeness (QED) is 0.141. The van der Waals surface area contributed by atoms with Gasteiger partial charge in [-0.15, -0.1) is 0 Å². The van der Waals surface area contributed by atoms with Crippen molar-refractivity contribution in [3.63, 3.8) is 0 Å². The molecule has 0 amide bonds. The van der Waals surface area contributed by atoms with Crippen LogP contribution in [0.1, 0.15) is 10.4 Å². The highest BCUT2D eigenvalue weighted by Gasteiger charge is 2.26. The second-order valence-electron chi connectivity index (χ2n) is 12.0. The van der Waals surface area contributed by atoms with Gasteiger partial charge in [-0.05, 0) is 80.6 Å². The predicted molar refractivity (Wildman–Crippen MR) is 198 cm³/mol. The van der Waals surface area contributed by atoms with Gasteiger partial charge in [0.05, 0.1) is 5.56 Å². The number of hydrogen-bond donors (Lipinski definition) is 2. The van der Waals surface area contributed by atoms with Crippen LogP contribution in [0.5, 0.6) is 17.2 Å². The van der Waals surface area contributed by atoms with Gasteiger partial charge in [0.1, 0.15) is 17.2 Å². The summed E-state index contributed by atoms with van der Waals surface area (Å²) < 4.78 is 6.50. The molecular weight excluding hydrogens is 604 g/mol. The van der Waals surface area contributed by atoms with Crippen molar-refractivity contribution in [3.05, 3.63) is 175 Å². The first kappa shape index (κ1) is 29.7. The molecule has 49 heavy (non-hydrogen) atoms. The van der Waals surface area contributed by atoms with Gasteiger partial charge >= 0.3 is 5.97 Å². The molecule has 8 rings (SSSR count). The molecule has 234 valence electrons. The molecule has 0 aromatic heterocycles. The van der Waals surface area contributed by atoms with Crippen LogP contribution in [0.3, 0.4) is 0 Å². The third-order valence-electron chi connectivity index (χ3n) is 8.96. The topological polar surface area (TPSA) is 66.8 Å². The number of phenols is 2. The second-order valence-corrected chi connectivity index (χ2v) is 12.0. The van der Waals surface area contributed by atoms with Crippen LogP contribution in [0.4, 0.5) is 0 Å². The molecule has 4 nitrogen and oxygen atoms in total. The van der Waals surface area contributed by atoms with E-state index < -0.39 is 5.97 Å². The Balaban J connectivity index is 1.38. The van der Waals surface area contributed by atoms with Crippen LogP contribution in [-0.2, 0) is 0 Å². The lowest BCUT2D eigenvalue weighted by molar-refractivity contribution is 0.0738. The van der Waals surface area contributed by atoms with Crippen LogP contribution < -0.4 is 4.74 Å². The number of carbonyl (C=O) groups is 1. The van der Waals surface area contributed by atoms with Gasteiger partial charge in [0, 0.05) is 21.9 Å². The average molecular weight is 635 g/mol. The number of carbonyl (C=O) groups excluding carboxylic acids is 1. The molecule has 0 unspecified atom stereocenters. The maximum Gasteiger partial charge on any atom is 0.343 e. The van der Waals surface area contributed by atoms with Gasteiger partial charge in [-0.25, -0.2) is 4.79 Å². The van der Waals surface area contributed by atoms with Crippen molar-refractivity contribution < 1.29 is 19.7 Å². The van der Waals surface area contributed by atoms with E-state index in [0.717, 1.165) is 49.5 Å². The molecule has 4 heteroatoms. The van der Waals surface area contributed by atoms with E-state index in [9.17, 15) is 15.0 Å². The van der Waals surface area contributed by atoms with E-state index in [-0.39, 0.29) is 11.5 Å². The van der Waals surface area contributed by atoms with Gasteiger partial charge in [-0.3, -0.25) is 0 Å². The van der Waals surface area contributed by atoms with Gasteiger partial charge in [0.2, 0.25) is 0 Å². The minimum atomic E-state index is -0.518. The number of fused-ring (bicyclic) bond motifs is 2. The Bertz CT molecular complexity index is 2470. The Kier molecular flexibility index (Phi) is 7.59. The molecule has 0 spiro atoms. The SMILES string of the molecule is O=C(Oc1c(-c2c(-c3ccccc3)cc3ccccc3c2O)c(-c2ccccc2)cc2ccccc12)c1ccc(-c2ccc(O)cc2)cc1. The number of rotatable bonds is 6. The normalized spacial score (nSPS) is 11.1. The molecule has 0 aliphatic carbocycles. The van der Waals surface area contributed by atoms with Gasteiger partial charge in [-0.2, -0.15) is 0 Å². The monoisotopic (exact) mass is 634 g/mol. The van der Waals surface area contributed by atoms with Crippen molar-refractivity contribution >= 4 is 27.5 Å². The second kappa shape index (κ2) is 12.5. The molecule has 0 aliphatic heterocycles. The van der Waals surface area contributed by atoms with Crippen molar-refractivity contribution in [1.82, 2.24) is 0 Å². The molecule has 0 saturated carbocycles. The van der Waals surface area contributed by atoms with Crippen LogP contribution in [0.2, 0.25) is 0 Å². The number of esters is 1. The Morgan fingerprint density at radius 3 is 1.51 bits per heavy atom. The summed E-state index contributed by atoms with van der Waals surface area (Å²) in [4.78, 5) is 14.1. The molecule has 0 aliphatic rings. The number of aromatic hydroxyl groups is 2. The zero-order valence-electron chi connectivity index (χ0n) is 26.4. The standard InChI is InChI=1S/C45H30O4/c46-36-25-23-30(24-26-36)29-19-21-33(22-20-29)45(48)49-44-38-18-10-8-16-35(38)28-40(32-13-5-2-6-14-32)42(44)41-39(31-11-3-1-4-12-31)27-34-15-7-9-17-37(34)43(41)47/h1-28,46-47H. The molecule has 0 fully saturated rings. The Morgan fingerprint density at radius 2 is 0.918 bits per heavy atom. The van der Waals surface area contributed by atoms with E-state index in [1.54, 1.807) is 24.3 Å². The molecule has 0 saturated heterocycles. The highest BCUT2D eigenvalue weighted by Crippen LogP contribution is 2.52. The molecule has 0 radical (unpaired) electrons. The minimum Gasteiger partial charge on any atom is -0.508 e. The first-order valence-electron chi connectivity index (χ1n) is 16.1. The molecule has 8 aromatic carbocycles. The van der Waals surface area contributed by atoms with E-state index in [2.05, 4.69) is 12.1 Å². The van der Waals surface area contributed by atoms with E-state index >= 15 is 0 Å².